The first-order valence-electron chi connectivity index (χ1n) is 8.36. The predicted octanol–water partition coefficient (Wildman–Crippen LogP) is 4.73. The summed E-state index contributed by atoms with van der Waals surface area (Å²) in [6.45, 7) is 4.32. The lowest BCUT2D eigenvalue weighted by Gasteiger charge is -2.14. The van der Waals surface area contributed by atoms with Gasteiger partial charge < -0.3 is 9.47 Å². The van der Waals surface area contributed by atoms with Gasteiger partial charge in [-0.3, -0.25) is 14.5 Å². The van der Waals surface area contributed by atoms with E-state index in [1.54, 1.807) is 28.5 Å². The summed E-state index contributed by atoms with van der Waals surface area (Å²) in [4.78, 5) is 29.2. The normalized spacial score (nSPS) is 10.5. The molecule has 1 aromatic carbocycles. The van der Waals surface area contributed by atoms with Gasteiger partial charge in [-0.05, 0) is 31.5 Å². The molecule has 146 valence electrons. The Kier molecular flexibility index (Phi) is 8.34. The highest BCUT2D eigenvalue weighted by molar-refractivity contribution is 7.14. The lowest BCUT2D eigenvalue weighted by molar-refractivity contribution is -0.145. The van der Waals surface area contributed by atoms with Crippen LogP contribution >= 0.6 is 34.5 Å². The number of aromatic nitrogens is 1. The molecule has 1 heterocycles. The fraction of sp³-hybridized carbons (Fsp3) is 0.389. The van der Waals surface area contributed by atoms with Crippen molar-refractivity contribution in [1.29, 1.82) is 0 Å². The van der Waals surface area contributed by atoms with E-state index in [2.05, 4.69) is 4.98 Å². The molecule has 27 heavy (non-hydrogen) atoms. The Labute approximate surface area is 172 Å². The maximum absolute atomic E-state index is 11.8. The Hall–Kier alpha value is -1.83. The Balaban J connectivity index is 1.70. The number of carbonyl (C=O) groups excluding carboxylic acids is 2. The minimum atomic E-state index is -0.339. The molecule has 0 radical (unpaired) electrons. The SMILES string of the molecule is CCN(C(C)=O)c1nc(COC(=O)CCCOc2ccc(Cl)cc2Cl)cs1. The van der Waals surface area contributed by atoms with Crippen molar-refractivity contribution in [3.63, 3.8) is 0 Å². The Morgan fingerprint density at radius 3 is 2.74 bits per heavy atom. The summed E-state index contributed by atoms with van der Waals surface area (Å²) in [5.74, 6) is 0.112. The van der Waals surface area contributed by atoms with Gasteiger partial charge in [0.05, 0.1) is 17.3 Å². The van der Waals surface area contributed by atoms with Gasteiger partial charge in [-0.15, -0.1) is 11.3 Å². The Morgan fingerprint density at radius 1 is 1.30 bits per heavy atom. The zero-order chi connectivity index (χ0) is 19.8. The average molecular weight is 431 g/mol. The molecular weight excluding hydrogens is 411 g/mol. The second-order valence-corrected chi connectivity index (χ2v) is 7.25. The monoisotopic (exact) mass is 430 g/mol. The van der Waals surface area contributed by atoms with Crippen LogP contribution in [0.1, 0.15) is 32.4 Å². The van der Waals surface area contributed by atoms with Gasteiger partial charge in [0.15, 0.2) is 5.13 Å². The molecule has 0 spiro atoms. The molecule has 2 rings (SSSR count). The van der Waals surface area contributed by atoms with Crippen molar-refractivity contribution < 1.29 is 19.1 Å². The zero-order valence-corrected chi connectivity index (χ0v) is 17.4. The number of hydrogen-bond donors (Lipinski definition) is 0. The summed E-state index contributed by atoms with van der Waals surface area (Å²) >= 11 is 13.2. The fourth-order valence-corrected chi connectivity index (χ4v) is 3.58. The van der Waals surface area contributed by atoms with E-state index in [1.165, 1.54) is 18.3 Å². The molecule has 0 saturated heterocycles. The van der Waals surface area contributed by atoms with Crippen molar-refractivity contribution >= 4 is 51.5 Å². The Morgan fingerprint density at radius 2 is 2.07 bits per heavy atom. The Bertz CT molecular complexity index is 797. The van der Waals surface area contributed by atoms with Crippen molar-refractivity contribution in [3.05, 3.63) is 39.3 Å². The summed E-state index contributed by atoms with van der Waals surface area (Å²) in [7, 11) is 0. The van der Waals surface area contributed by atoms with E-state index in [0.29, 0.717) is 46.2 Å². The number of thiazole rings is 1. The van der Waals surface area contributed by atoms with E-state index < -0.39 is 0 Å². The lowest BCUT2D eigenvalue weighted by atomic mass is 10.3. The van der Waals surface area contributed by atoms with Crippen molar-refractivity contribution in [3.8, 4) is 5.75 Å². The highest BCUT2D eigenvalue weighted by Gasteiger charge is 2.14. The molecule has 0 aliphatic carbocycles. The van der Waals surface area contributed by atoms with Crippen LogP contribution in [0.5, 0.6) is 5.75 Å². The lowest BCUT2D eigenvalue weighted by Crippen LogP contribution is -2.27. The molecule has 0 saturated carbocycles. The third-order valence-corrected chi connectivity index (χ3v) is 4.97. The van der Waals surface area contributed by atoms with E-state index in [4.69, 9.17) is 32.7 Å². The number of amides is 1. The molecule has 2 aromatic rings. The number of ether oxygens (including phenoxy) is 2. The highest BCUT2D eigenvalue weighted by atomic mass is 35.5. The van der Waals surface area contributed by atoms with Crippen molar-refractivity contribution in [2.45, 2.75) is 33.3 Å². The van der Waals surface area contributed by atoms with Crippen LogP contribution in [0, 0.1) is 0 Å². The smallest absolute Gasteiger partial charge is 0.306 e. The van der Waals surface area contributed by atoms with Crippen LogP contribution in [-0.4, -0.2) is 30.0 Å². The summed E-state index contributed by atoms with van der Waals surface area (Å²) in [6.07, 6.45) is 0.713. The molecule has 0 aliphatic rings. The molecule has 0 aliphatic heterocycles. The van der Waals surface area contributed by atoms with E-state index in [1.807, 2.05) is 6.92 Å². The third kappa shape index (κ3) is 6.68. The standard InChI is InChI=1S/C18H20Cl2N2O4S/c1-3-22(12(2)23)18-21-14(11-27-18)10-26-17(24)5-4-8-25-16-7-6-13(19)9-15(16)20/h6-7,9,11H,3-5,8,10H2,1-2H3. The molecule has 1 amide bonds. The highest BCUT2D eigenvalue weighted by Crippen LogP contribution is 2.27. The number of nitrogens with zero attached hydrogens (tertiary/aromatic N) is 2. The fourth-order valence-electron chi connectivity index (χ4n) is 2.20. The second-order valence-electron chi connectivity index (χ2n) is 5.57. The predicted molar refractivity (Wildman–Crippen MR) is 107 cm³/mol. The minimum absolute atomic E-state index is 0.0730. The molecule has 0 fully saturated rings. The minimum Gasteiger partial charge on any atom is -0.492 e. The van der Waals surface area contributed by atoms with E-state index in [9.17, 15) is 9.59 Å². The number of hydrogen-bond acceptors (Lipinski definition) is 6. The van der Waals surface area contributed by atoms with Crippen LogP contribution in [-0.2, 0) is 20.9 Å². The summed E-state index contributed by atoms with van der Waals surface area (Å²) in [5.41, 5.74) is 0.618. The number of anilines is 1. The van der Waals surface area contributed by atoms with Crippen LogP contribution < -0.4 is 9.64 Å². The first-order valence-corrected chi connectivity index (χ1v) is 10.00. The second kappa shape index (κ2) is 10.5. The summed E-state index contributed by atoms with van der Waals surface area (Å²) < 4.78 is 10.7. The van der Waals surface area contributed by atoms with Gasteiger partial charge in [0.25, 0.3) is 0 Å². The van der Waals surface area contributed by atoms with E-state index in [-0.39, 0.29) is 24.9 Å². The van der Waals surface area contributed by atoms with Gasteiger partial charge in [-0.2, -0.15) is 0 Å². The number of esters is 1. The maximum atomic E-state index is 11.8. The average Bonchev–Trinajstić information content (AvgIpc) is 3.07. The van der Waals surface area contributed by atoms with E-state index >= 15 is 0 Å². The third-order valence-electron chi connectivity index (χ3n) is 3.52. The molecule has 0 atom stereocenters. The van der Waals surface area contributed by atoms with Crippen LogP contribution in [0.25, 0.3) is 0 Å². The summed E-state index contributed by atoms with van der Waals surface area (Å²) in [5, 5.41) is 3.34. The molecule has 0 N–H and O–H groups in total. The maximum Gasteiger partial charge on any atom is 0.306 e. The largest absolute Gasteiger partial charge is 0.492 e. The van der Waals surface area contributed by atoms with E-state index in [0.717, 1.165) is 0 Å². The molecule has 0 bridgehead atoms. The number of benzene rings is 1. The number of carbonyl (C=O) groups is 2. The van der Waals surface area contributed by atoms with Crippen LogP contribution in [0.4, 0.5) is 5.13 Å². The molecule has 9 heteroatoms. The molecule has 6 nitrogen and oxygen atoms in total. The van der Waals surface area contributed by atoms with Crippen LogP contribution in [0.2, 0.25) is 10.0 Å². The first kappa shape index (κ1) is 21.5. The molecule has 1 aromatic heterocycles. The van der Waals surface area contributed by atoms with Crippen molar-refractivity contribution in [2.24, 2.45) is 0 Å². The van der Waals surface area contributed by atoms with Crippen molar-refractivity contribution in [1.82, 2.24) is 4.98 Å². The van der Waals surface area contributed by atoms with Gasteiger partial charge >= 0.3 is 5.97 Å². The van der Waals surface area contributed by atoms with Gasteiger partial charge in [0.1, 0.15) is 12.4 Å². The van der Waals surface area contributed by atoms with Crippen molar-refractivity contribution in [2.75, 3.05) is 18.1 Å². The van der Waals surface area contributed by atoms with Crippen LogP contribution in [0.15, 0.2) is 23.6 Å². The van der Waals surface area contributed by atoms with Crippen LogP contribution in [0.3, 0.4) is 0 Å². The zero-order valence-electron chi connectivity index (χ0n) is 15.0. The number of rotatable bonds is 9. The van der Waals surface area contributed by atoms with Gasteiger partial charge in [0.2, 0.25) is 5.91 Å². The molecular formula is C18H20Cl2N2O4S. The topological polar surface area (TPSA) is 68.7 Å². The quantitative estimate of drug-likeness (QED) is 0.424. The molecule has 0 unspecified atom stereocenters. The summed E-state index contributed by atoms with van der Waals surface area (Å²) in [6, 6.07) is 4.97. The van der Waals surface area contributed by atoms with Gasteiger partial charge in [-0.1, -0.05) is 23.2 Å². The first-order chi connectivity index (χ1) is 12.9. The van der Waals surface area contributed by atoms with Gasteiger partial charge in [0, 0.05) is 30.3 Å². The van der Waals surface area contributed by atoms with Gasteiger partial charge in [-0.25, -0.2) is 4.98 Å². The number of halogens is 2.